The van der Waals surface area contributed by atoms with E-state index in [-0.39, 0.29) is 0 Å². The summed E-state index contributed by atoms with van der Waals surface area (Å²) in [5, 5.41) is 4.23. The van der Waals surface area contributed by atoms with Gasteiger partial charge in [0.2, 0.25) is 0 Å². The van der Waals surface area contributed by atoms with Gasteiger partial charge in [-0.05, 0) is 29.3 Å². The molecule has 3 rings (SSSR count). The van der Waals surface area contributed by atoms with Crippen LogP contribution in [0.2, 0.25) is 5.02 Å². The zero-order valence-electron chi connectivity index (χ0n) is 11.6. The van der Waals surface area contributed by atoms with Gasteiger partial charge in [0.25, 0.3) is 0 Å². The first-order valence-electron chi connectivity index (χ1n) is 7.02. The molecule has 1 aliphatic rings. The van der Waals surface area contributed by atoms with E-state index in [1.54, 1.807) is 0 Å². The second-order valence-electron chi connectivity index (χ2n) is 5.21. The van der Waals surface area contributed by atoms with E-state index in [0.29, 0.717) is 6.04 Å². The zero-order chi connectivity index (χ0) is 14.7. The number of benzene rings is 1. The maximum atomic E-state index is 6.02. The maximum Gasteiger partial charge on any atom is 0.0492 e. The van der Waals surface area contributed by atoms with Crippen molar-refractivity contribution in [1.29, 1.82) is 0 Å². The fourth-order valence-corrected chi connectivity index (χ4v) is 3.51. The first-order valence-corrected chi connectivity index (χ1v) is 8.20. The van der Waals surface area contributed by atoms with Crippen molar-refractivity contribution < 1.29 is 0 Å². The molecule has 1 saturated heterocycles. The van der Waals surface area contributed by atoms with Gasteiger partial charge in [-0.2, -0.15) is 0 Å². The number of nitrogens with zero attached hydrogens (tertiary/aromatic N) is 2. The highest BCUT2D eigenvalue weighted by Crippen LogP contribution is 2.27. The van der Waals surface area contributed by atoms with E-state index in [0.717, 1.165) is 35.7 Å². The molecule has 3 nitrogen and oxygen atoms in total. The predicted octanol–water partition coefficient (Wildman–Crippen LogP) is 3.64. The lowest BCUT2D eigenvalue weighted by molar-refractivity contribution is 0.153. The van der Waals surface area contributed by atoms with Crippen LogP contribution in [-0.4, -0.2) is 29.5 Å². The molecule has 1 atom stereocenters. The number of aromatic nitrogens is 1. The number of piperazine rings is 1. The first kappa shape index (κ1) is 15.0. The summed E-state index contributed by atoms with van der Waals surface area (Å²) in [6.07, 6.45) is 3.78. The smallest absolute Gasteiger partial charge is 0.0492 e. The maximum absolute atomic E-state index is 6.02. The molecule has 21 heavy (non-hydrogen) atoms. The number of rotatable bonds is 3. The SMILES string of the molecule is Clc1ccc(CN2CCNCC2c2cccnc2)c(Br)c1. The Hall–Kier alpha value is -0.940. The summed E-state index contributed by atoms with van der Waals surface area (Å²) in [5.74, 6) is 0. The molecule has 1 N–H and O–H groups in total. The molecule has 2 heterocycles. The van der Waals surface area contributed by atoms with Gasteiger partial charge in [0, 0.05) is 54.1 Å². The monoisotopic (exact) mass is 365 g/mol. The summed E-state index contributed by atoms with van der Waals surface area (Å²) in [6.45, 7) is 3.90. The van der Waals surface area contributed by atoms with Gasteiger partial charge in [-0.25, -0.2) is 0 Å². The third-order valence-electron chi connectivity index (χ3n) is 3.81. The van der Waals surface area contributed by atoms with Crippen molar-refractivity contribution in [2.24, 2.45) is 0 Å². The van der Waals surface area contributed by atoms with Crippen molar-refractivity contribution >= 4 is 27.5 Å². The van der Waals surface area contributed by atoms with Crippen LogP contribution in [0.3, 0.4) is 0 Å². The molecule has 0 aliphatic carbocycles. The van der Waals surface area contributed by atoms with Crippen molar-refractivity contribution in [2.75, 3.05) is 19.6 Å². The summed E-state index contributed by atoms with van der Waals surface area (Å²) in [7, 11) is 0. The Morgan fingerprint density at radius 1 is 1.38 bits per heavy atom. The molecule has 1 aromatic heterocycles. The third-order valence-corrected chi connectivity index (χ3v) is 4.79. The Kier molecular flexibility index (Phi) is 4.91. The standard InChI is InChI=1S/C16H17BrClN3/c17-15-8-14(18)4-3-13(15)11-21-7-6-20-10-16(21)12-2-1-5-19-9-12/h1-5,8-9,16,20H,6-7,10-11H2. The van der Waals surface area contributed by atoms with Crippen LogP contribution in [-0.2, 0) is 6.54 Å². The van der Waals surface area contributed by atoms with Crippen molar-refractivity contribution in [3.8, 4) is 0 Å². The Morgan fingerprint density at radius 2 is 2.29 bits per heavy atom. The number of pyridine rings is 1. The van der Waals surface area contributed by atoms with Gasteiger partial charge in [0.15, 0.2) is 0 Å². The minimum absolute atomic E-state index is 0.357. The highest BCUT2D eigenvalue weighted by Gasteiger charge is 2.24. The summed E-state index contributed by atoms with van der Waals surface area (Å²) in [6, 6.07) is 10.5. The van der Waals surface area contributed by atoms with Gasteiger partial charge < -0.3 is 5.32 Å². The van der Waals surface area contributed by atoms with E-state index in [1.165, 1.54) is 11.1 Å². The van der Waals surface area contributed by atoms with Crippen molar-refractivity contribution in [2.45, 2.75) is 12.6 Å². The molecule has 5 heteroatoms. The minimum Gasteiger partial charge on any atom is -0.314 e. The second-order valence-corrected chi connectivity index (χ2v) is 6.50. The largest absolute Gasteiger partial charge is 0.314 e. The molecule has 1 aliphatic heterocycles. The van der Waals surface area contributed by atoms with Gasteiger partial charge in [-0.15, -0.1) is 0 Å². The fourth-order valence-electron chi connectivity index (χ4n) is 2.71. The summed E-state index contributed by atoms with van der Waals surface area (Å²) in [4.78, 5) is 6.74. The van der Waals surface area contributed by atoms with Crippen LogP contribution in [0, 0.1) is 0 Å². The van der Waals surface area contributed by atoms with Gasteiger partial charge in [0.1, 0.15) is 0 Å². The number of halogens is 2. The van der Waals surface area contributed by atoms with E-state index in [2.05, 4.69) is 43.3 Å². The molecule has 0 amide bonds. The number of hydrogen-bond donors (Lipinski definition) is 1. The number of nitrogens with one attached hydrogen (secondary N) is 1. The lowest BCUT2D eigenvalue weighted by atomic mass is 10.0. The highest BCUT2D eigenvalue weighted by molar-refractivity contribution is 9.10. The van der Waals surface area contributed by atoms with Gasteiger partial charge in [-0.1, -0.05) is 39.7 Å². The van der Waals surface area contributed by atoms with E-state index in [9.17, 15) is 0 Å². The zero-order valence-corrected chi connectivity index (χ0v) is 13.9. The lowest BCUT2D eigenvalue weighted by Crippen LogP contribution is -2.45. The van der Waals surface area contributed by atoms with E-state index >= 15 is 0 Å². The fraction of sp³-hybridized carbons (Fsp3) is 0.312. The summed E-state index contributed by atoms with van der Waals surface area (Å²) < 4.78 is 1.07. The van der Waals surface area contributed by atoms with E-state index in [1.807, 2.05) is 30.6 Å². The molecule has 0 radical (unpaired) electrons. The van der Waals surface area contributed by atoms with Gasteiger partial charge in [0.05, 0.1) is 0 Å². The predicted molar refractivity (Wildman–Crippen MR) is 89.4 cm³/mol. The van der Waals surface area contributed by atoms with Crippen LogP contribution >= 0.6 is 27.5 Å². The Morgan fingerprint density at radius 3 is 3.05 bits per heavy atom. The lowest BCUT2D eigenvalue weighted by Gasteiger charge is -2.36. The quantitative estimate of drug-likeness (QED) is 0.899. The average Bonchev–Trinajstić information content (AvgIpc) is 2.51. The molecule has 1 aromatic carbocycles. The van der Waals surface area contributed by atoms with E-state index < -0.39 is 0 Å². The molecule has 1 unspecified atom stereocenters. The van der Waals surface area contributed by atoms with Crippen molar-refractivity contribution in [1.82, 2.24) is 15.2 Å². The average molecular weight is 367 g/mol. The molecule has 1 fully saturated rings. The van der Waals surface area contributed by atoms with Crippen LogP contribution in [0.25, 0.3) is 0 Å². The Bertz CT molecular complexity index is 606. The summed E-state index contributed by atoms with van der Waals surface area (Å²) in [5.41, 5.74) is 2.52. The topological polar surface area (TPSA) is 28.2 Å². The molecule has 0 saturated carbocycles. The molecule has 0 spiro atoms. The van der Waals surface area contributed by atoms with Crippen LogP contribution in [0.1, 0.15) is 17.2 Å². The van der Waals surface area contributed by atoms with Crippen LogP contribution in [0.4, 0.5) is 0 Å². The summed E-state index contributed by atoms with van der Waals surface area (Å²) >= 11 is 9.63. The first-order chi connectivity index (χ1) is 10.2. The van der Waals surface area contributed by atoms with Crippen LogP contribution < -0.4 is 5.32 Å². The van der Waals surface area contributed by atoms with Crippen molar-refractivity contribution in [3.05, 3.63) is 63.3 Å². The van der Waals surface area contributed by atoms with E-state index in [4.69, 9.17) is 11.6 Å². The molecule has 2 aromatic rings. The second kappa shape index (κ2) is 6.88. The Labute approximate surface area is 138 Å². The van der Waals surface area contributed by atoms with Crippen molar-refractivity contribution in [3.63, 3.8) is 0 Å². The minimum atomic E-state index is 0.357. The highest BCUT2D eigenvalue weighted by atomic mass is 79.9. The Balaban J connectivity index is 1.81. The van der Waals surface area contributed by atoms with Gasteiger partial charge >= 0.3 is 0 Å². The number of hydrogen-bond acceptors (Lipinski definition) is 3. The third kappa shape index (κ3) is 3.64. The molecular formula is C16H17BrClN3. The normalized spacial score (nSPS) is 19.6. The molecule has 0 bridgehead atoms. The molecular weight excluding hydrogens is 350 g/mol. The van der Waals surface area contributed by atoms with Crippen LogP contribution in [0.15, 0.2) is 47.2 Å². The van der Waals surface area contributed by atoms with Crippen LogP contribution in [0.5, 0.6) is 0 Å². The van der Waals surface area contributed by atoms with Gasteiger partial charge in [-0.3, -0.25) is 9.88 Å². The molecule has 110 valence electrons.